The molecule has 1 heterocycles. The highest BCUT2D eigenvalue weighted by molar-refractivity contribution is 14.1. The van der Waals surface area contributed by atoms with Gasteiger partial charge in [0.25, 0.3) is 5.56 Å². The van der Waals surface area contributed by atoms with Crippen LogP contribution in [0, 0.1) is 8.34 Å². The molecule has 0 atom stereocenters. The third-order valence-corrected chi connectivity index (χ3v) is 5.73. The van der Waals surface area contributed by atoms with Gasteiger partial charge in [-0.1, -0.05) is 30.3 Å². The summed E-state index contributed by atoms with van der Waals surface area (Å²) in [6.45, 7) is 0. The number of halogens is 1. The Morgan fingerprint density at radius 2 is 1.56 bits per heavy atom. The average molecular weight is 556 g/mol. The summed E-state index contributed by atoms with van der Waals surface area (Å²) in [5, 5.41) is 19.3. The first-order chi connectivity index (χ1) is 15.5. The lowest BCUT2D eigenvalue weighted by atomic mass is 10.2. The molecule has 9 heteroatoms. The highest BCUT2D eigenvalue weighted by Crippen LogP contribution is 2.32. The van der Waals surface area contributed by atoms with E-state index in [0.717, 1.165) is 3.57 Å². The van der Waals surface area contributed by atoms with Gasteiger partial charge in [0.1, 0.15) is 5.75 Å². The van der Waals surface area contributed by atoms with E-state index < -0.39 is 11.4 Å². The van der Waals surface area contributed by atoms with Crippen LogP contribution in [-0.4, -0.2) is 21.4 Å². The predicted molar refractivity (Wildman–Crippen MR) is 134 cm³/mol. The molecule has 0 saturated heterocycles. The Kier molecular flexibility index (Phi) is 6.47. The van der Waals surface area contributed by atoms with Crippen LogP contribution in [0.15, 0.2) is 93.9 Å². The normalized spacial score (nSPS) is 11.1. The van der Waals surface area contributed by atoms with Gasteiger partial charge in [-0.05, 0) is 83.3 Å². The van der Waals surface area contributed by atoms with Crippen molar-refractivity contribution >= 4 is 46.2 Å². The van der Waals surface area contributed by atoms with Crippen LogP contribution in [0.5, 0.6) is 11.6 Å². The summed E-state index contributed by atoms with van der Waals surface area (Å²) in [5.41, 5.74) is 0.720. The van der Waals surface area contributed by atoms with Crippen molar-refractivity contribution in [1.29, 1.82) is 0 Å². The van der Waals surface area contributed by atoms with E-state index in [1.54, 1.807) is 60.7 Å². The second-order valence-electron chi connectivity index (χ2n) is 6.61. The molecular formula is C23H17IN4O3S. The molecule has 0 bridgehead atoms. The maximum absolute atomic E-state index is 13.4. The van der Waals surface area contributed by atoms with Gasteiger partial charge in [-0.3, -0.25) is 13.9 Å². The molecule has 7 nitrogen and oxygen atoms in total. The van der Waals surface area contributed by atoms with Crippen LogP contribution < -0.4 is 10.3 Å². The van der Waals surface area contributed by atoms with Crippen molar-refractivity contribution in [3.05, 3.63) is 97.6 Å². The monoisotopic (exact) mass is 556 g/mol. The number of aromatic hydroxyl groups is 1. The predicted octanol–water partition coefficient (Wildman–Crippen LogP) is 6.09. The minimum atomic E-state index is -0.584. The van der Waals surface area contributed by atoms with Gasteiger partial charge in [-0.2, -0.15) is 5.11 Å². The molecule has 32 heavy (non-hydrogen) atoms. The molecule has 160 valence electrons. The van der Waals surface area contributed by atoms with Gasteiger partial charge in [0, 0.05) is 3.57 Å². The van der Waals surface area contributed by atoms with E-state index in [0.29, 0.717) is 22.8 Å². The van der Waals surface area contributed by atoms with E-state index in [4.69, 9.17) is 17.0 Å². The molecule has 0 saturated carbocycles. The highest BCUT2D eigenvalue weighted by Gasteiger charge is 2.21. The van der Waals surface area contributed by atoms with Crippen LogP contribution in [0.25, 0.3) is 11.4 Å². The standard InChI is InChI=1S/C23H17IN4O3S/c1-31-19-10-6-5-9-18(19)28-22(30)20(26-25-16-7-3-2-4-8-16)21(29)27(23(28)32)17-13-11-15(24)12-14-17/h2-14,30H,1H3. The van der Waals surface area contributed by atoms with Crippen molar-refractivity contribution in [2.75, 3.05) is 7.11 Å². The van der Waals surface area contributed by atoms with Crippen molar-refractivity contribution in [3.63, 3.8) is 0 Å². The second-order valence-corrected chi connectivity index (χ2v) is 8.23. The molecule has 0 aliphatic carbocycles. The van der Waals surface area contributed by atoms with Gasteiger partial charge < -0.3 is 9.84 Å². The number of methoxy groups -OCH3 is 1. The smallest absolute Gasteiger partial charge is 0.290 e. The molecule has 0 unspecified atom stereocenters. The molecule has 0 radical (unpaired) electrons. The molecule has 1 aromatic heterocycles. The number of hydrogen-bond donors (Lipinski definition) is 1. The molecule has 4 aromatic rings. The number of hydrogen-bond acceptors (Lipinski definition) is 6. The van der Waals surface area contributed by atoms with E-state index in [1.807, 2.05) is 18.2 Å². The summed E-state index contributed by atoms with van der Waals surface area (Å²) >= 11 is 7.83. The van der Waals surface area contributed by atoms with Crippen LogP contribution in [0.2, 0.25) is 0 Å². The van der Waals surface area contributed by atoms with E-state index in [2.05, 4.69) is 32.8 Å². The van der Waals surface area contributed by atoms with Crippen LogP contribution in [0.1, 0.15) is 0 Å². The maximum Gasteiger partial charge on any atom is 0.290 e. The number of ether oxygens (including phenoxy) is 1. The Hall–Kier alpha value is -3.31. The zero-order valence-electron chi connectivity index (χ0n) is 16.8. The zero-order valence-corrected chi connectivity index (χ0v) is 19.8. The number of para-hydroxylation sites is 2. The lowest BCUT2D eigenvalue weighted by Gasteiger charge is -2.17. The van der Waals surface area contributed by atoms with Crippen molar-refractivity contribution < 1.29 is 9.84 Å². The van der Waals surface area contributed by atoms with Gasteiger partial charge >= 0.3 is 0 Å². The Balaban J connectivity index is 2.05. The first-order valence-corrected chi connectivity index (χ1v) is 11.0. The van der Waals surface area contributed by atoms with Crippen molar-refractivity contribution in [2.24, 2.45) is 10.2 Å². The van der Waals surface area contributed by atoms with Crippen LogP contribution in [-0.2, 0) is 0 Å². The minimum absolute atomic E-state index is 0.0665. The summed E-state index contributed by atoms with van der Waals surface area (Å²) in [5.74, 6) is 0.0450. The van der Waals surface area contributed by atoms with Crippen molar-refractivity contribution in [2.45, 2.75) is 0 Å². The van der Waals surface area contributed by atoms with Crippen LogP contribution in [0.4, 0.5) is 11.4 Å². The van der Waals surface area contributed by atoms with E-state index in [9.17, 15) is 9.90 Å². The lowest BCUT2D eigenvalue weighted by molar-refractivity contribution is 0.402. The van der Waals surface area contributed by atoms with E-state index in [-0.39, 0.29) is 10.5 Å². The number of aromatic nitrogens is 2. The number of benzene rings is 3. The third-order valence-electron chi connectivity index (χ3n) is 4.64. The van der Waals surface area contributed by atoms with Gasteiger partial charge in [-0.15, -0.1) is 5.11 Å². The molecule has 0 aliphatic heterocycles. The van der Waals surface area contributed by atoms with Crippen LogP contribution >= 0.6 is 34.8 Å². The molecule has 1 N–H and O–H groups in total. The molecule has 0 amide bonds. The molecule has 0 spiro atoms. The number of nitrogens with zero attached hydrogens (tertiary/aromatic N) is 4. The van der Waals surface area contributed by atoms with Crippen molar-refractivity contribution in [1.82, 2.24) is 9.13 Å². The Morgan fingerprint density at radius 1 is 0.906 bits per heavy atom. The second kappa shape index (κ2) is 9.45. The van der Waals surface area contributed by atoms with Crippen LogP contribution in [0.3, 0.4) is 0 Å². The largest absolute Gasteiger partial charge is 0.495 e. The molecule has 3 aromatic carbocycles. The molecule has 0 fully saturated rings. The summed E-state index contributed by atoms with van der Waals surface area (Å²) in [6, 6.07) is 23.3. The van der Waals surface area contributed by atoms with Crippen molar-refractivity contribution in [3.8, 4) is 23.0 Å². The van der Waals surface area contributed by atoms with E-state index >= 15 is 0 Å². The minimum Gasteiger partial charge on any atom is -0.495 e. The fraction of sp³-hybridized carbons (Fsp3) is 0.0435. The first kappa shape index (κ1) is 21.9. The topological polar surface area (TPSA) is 81.1 Å². The summed E-state index contributed by atoms with van der Waals surface area (Å²) in [7, 11) is 1.52. The number of azo groups is 1. The first-order valence-electron chi connectivity index (χ1n) is 9.48. The zero-order chi connectivity index (χ0) is 22.7. The Bertz CT molecular complexity index is 1410. The molecule has 4 rings (SSSR count). The highest BCUT2D eigenvalue weighted by atomic mass is 127. The summed E-state index contributed by atoms with van der Waals surface area (Å²) in [6.07, 6.45) is 0. The quantitative estimate of drug-likeness (QED) is 0.183. The van der Waals surface area contributed by atoms with Gasteiger partial charge in [-0.25, -0.2) is 0 Å². The lowest BCUT2D eigenvalue weighted by Crippen LogP contribution is -2.23. The Labute approximate surface area is 202 Å². The van der Waals surface area contributed by atoms with Gasteiger partial charge in [0.05, 0.1) is 24.2 Å². The SMILES string of the molecule is COc1ccccc1-n1c(O)c(N=Nc2ccccc2)c(=O)n(-c2ccc(I)cc2)c1=S. The van der Waals surface area contributed by atoms with Gasteiger partial charge in [0.15, 0.2) is 4.77 Å². The maximum atomic E-state index is 13.4. The Morgan fingerprint density at radius 3 is 2.25 bits per heavy atom. The fourth-order valence-corrected chi connectivity index (χ4v) is 3.86. The molecular weight excluding hydrogens is 539 g/mol. The molecule has 0 aliphatic rings. The van der Waals surface area contributed by atoms with Gasteiger partial charge in [0.2, 0.25) is 11.6 Å². The van der Waals surface area contributed by atoms with E-state index in [1.165, 1.54) is 16.2 Å². The average Bonchev–Trinajstić information content (AvgIpc) is 2.81. The number of rotatable bonds is 5. The summed E-state index contributed by atoms with van der Waals surface area (Å²) in [4.78, 5) is 13.4. The summed E-state index contributed by atoms with van der Waals surface area (Å²) < 4.78 is 9.19. The third kappa shape index (κ3) is 4.21. The fourth-order valence-electron chi connectivity index (χ4n) is 3.12.